The van der Waals surface area contributed by atoms with Gasteiger partial charge in [-0.15, -0.1) is 0 Å². The standard InChI is InChI=1S/C9H10.C2F4/c1-8(2)9-6-4-3-5-7-9;3-1(4)2(5)6/h3-7H,1H2,2H3;. The smallest absolute Gasteiger partial charge is 0.167 e. The second-order valence-electron chi connectivity index (χ2n) is 2.67. The Morgan fingerprint density at radius 2 is 1.33 bits per heavy atom. The van der Waals surface area contributed by atoms with E-state index < -0.39 is 12.2 Å². The molecule has 0 aromatic heterocycles. The first-order valence-electron chi connectivity index (χ1n) is 4.02. The largest absolute Gasteiger partial charge is 0.334 e. The van der Waals surface area contributed by atoms with E-state index in [2.05, 4.69) is 18.7 Å². The van der Waals surface area contributed by atoms with Gasteiger partial charge in [-0.3, -0.25) is 0 Å². The highest BCUT2D eigenvalue weighted by Crippen LogP contribution is 2.08. The molecule has 0 radical (unpaired) electrons. The first kappa shape index (κ1) is 13.4. The molecule has 0 aliphatic rings. The molecule has 0 aliphatic heterocycles. The van der Waals surface area contributed by atoms with Crippen LogP contribution in [0.4, 0.5) is 17.6 Å². The van der Waals surface area contributed by atoms with Crippen molar-refractivity contribution in [3.05, 3.63) is 54.6 Å². The first-order valence-corrected chi connectivity index (χ1v) is 4.02. The van der Waals surface area contributed by atoms with Crippen LogP contribution in [0, 0.1) is 0 Å². The average molecular weight is 218 g/mol. The highest BCUT2D eigenvalue weighted by molar-refractivity contribution is 5.60. The van der Waals surface area contributed by atoms with Gasteiger partial charge in [-0.25, -0.2) is 0 Å². The minimum absolute atomic E-state index is 1.12. The molecule has 0 saturated carbocycles. The molecule has 0 bridgehead atoms. The van der Waals surface area contributed by atoms with Gasteiger partial charge >= 0.3 is 12.2 Å². The molecule has 0 fully saturated rings. The summed E-state index contributed by atoms with van der Waals surface area (Å²) in [5.41, 5.74) is 2.34. The van der Waals surface area contributed by atoms with Gasteiger partial charge in [0.1, 0.15) is 0 Å². The summed E-state index contributed by atoms with van der Waals surface area (Å²) in [6.07, 6.45) is -5.81. The highest BCUT2D eigenvalue weighted by atomic mass is 19.3. The number of hydrogen-bond acceptors (Lipinski definition) is 0. The topological polar surface area (TPSA) is 0 Å². The molecule has 1 rings (SSSR count). The van der Waals surface area contributed by atoms with E-state index in [-0.39, 0.29) is 0 Å². The van der Waals surface area contributed by atoms with Crippen molar-refractivity contribution in [2.75, 3.05) is 0 Å². The fourth-order valence-corrected chi connectivity index (χ4v) is 0.723. The van der Waals surface area contributed by atoms with Crippen molar-refractivity contribution in [1.29, 1.82) is 0 Å². The zero-order valence-electron chi connectivity index (χ0n) is 8.11. The predicted octanol–water partition coefficient (Wildman–Crippen LogP) is 4.71. The summed E-state index contributed by atoms with van der Waals surface area (Å²) in [6, 6.07) is 10.2. The minimum Gasteiger partial charge on any atom is -0.167 e. The lowest BCUT2D eigenvalue weighted by molar-refractivity contribution is 0.308. The molecule has 0 saturated heterocycles. The molecule has 0 spiro atoms. The summed E-state index contributed by atoms with van der Waals surface area (Å²) < 4.78 is 41.1. The number of allylic oxidation sites excluding steroid dienone is 1. The van der Waals surface area contributed by atoms with E-state index in [0.717, 1.165) is 5.57 Å². The van der Waals surface area contributed by atoms with E-state index in [1.807, 2.05) is 25.1 Å². The second kappa shape index (κ2) is 6.81. The van der Waals surface area contributed by atoms with Crippen LogP contribution >= 0.6 is 0 Å². The molecular weight excluding hydrogens is 208 g/mol. The lowest BCUT2D eigenvalue weighted by atomic mass is 10.1. The molecule has 0 unspecified atom stereocenters. The van der Waals surface area contributed by atoms with E-state index in [4.69, 9.17) is 0 Å². The molecule has 15 heavy (non-hydrogen) atoms. The van der Waals surface area contributed by atoms with Crippen molar-refractivity contribution in [1.82, 2.24) is 0 Å². The monoisotopic (exact) mass is 218 g/mol. The van der Waals surface area contributed by atoms with E-state index in [1.54, 1.807) is 0 Å². The maximum atomic E-state index is 10.3. The summed E-state index contributed by atoms with van der Waals surface area (Å²) in [6.45, 7) is 5.83. The molecule has 0 amide bonds. The zero-order valence-corrected chi connectivity index (χ0v) is 8.11. The second-order valence-corrected chi connectivity index (χ2v) is 2.67. The van der Waals surface area contributed by atoms with E-state index >= 15 is 0 Å². The van der Waals surface area contributed by atoms with Crippen molar-refractivity contribution in [3.8, 4) is 0 Å². The third-order valence-electron chi connectivity index (χ3n) is 1.41. The average Bonchev–Trinajstić information content (AvgIpc) is 2.20. The van der Waals surface area contributed by atoms with Gasteiger partial charge in [0.25, 0.3) is 0 Å². The van der Waals surface area contributed by atoms with Crippen molar-refractivity contribution >= 4 is 5.57 Å². The van der Waals surface area contributed by atoms with Crippen molar-refractivity contribution in [2.45, 2.75) is 6.92 Å². The van der Waals surface area contributed by atoms with E-state index in [0.29, 0.717) is 0 Å². The SMILES string of the molecule is C=C(C)c1ccccc1.FC(F)=C(F)F. The van der Waals surface area contributed by atoms with Crippen LogP contribution in [0.2, 0.25) is 0 Å². The summed E-state index contributed by atoms with van der Waals surface area (Å²) in [5, 5.41) is 0. The van der Waals surface area contributed by atoms with Crippen LogP contribution < -0.4 is 0 Å². The molecule has 0 nitrogen and oxygen atoms in total. The Morgan fingerprint density at radius 1 is 0.933 bits per heavy atom. The lowest BCUT2D eigenvalue weighted by Gasteiger charge is -1.94. The Kier molecular flexibility index (Phi) is 6.09. The van der Waals surface area contributed by atoms with Crippen LogP contribution in [-0.2, 0) is 0 Å². The summed E-state index contributed by atoms with van der Waals surface area (Å²) in [5.74, 6) is 0. The summed E-state index contributed by atoms with van der Waals surface area (Å²) in [4.78, 5) is 0. The van der Waals surface area contributed by atoms with Gasteiger partial charge in [-0.05, 0) is 12.5 Å². The maximum Gasteiger partial charge on any atom is 0.334 e. The van der Waals surface area contributed by atoms with Gasteiger partial charge in [0.15, 0.2) is 0 Å². The number of hydrogen-bond donors (Lipinski definition) is 0. The van der Waals surface area contributed by atoms with Gasteiger partial charge in [0, 0.05) is 0 Å². The van der Waals surface area contributed by atoms with Crippen LogP contribution in [0.5, 0.6) is 0 Å². The Bertz CT molecular complexity index is 323. The number of benzene rings is 1. The van der Waals surface area contributed by atoms with E-state index in [9.17, 15) is 17.6 Å². The lowest BCUT2D eigenvalue weighted by Crippen LogP contribution is -1.72. The number of rotatable bonds is 1. The summed E-state index contributed by atoms with van der Waals surface area (Å²) in [7, 11) is 0. The van der Waals surface area contributed by atoms with Gasteiger partial charge in [-0.2, -0.15) is 17.6 Å². The molecule has 0 heterocycles. The Hall–Kier alpha value is -1.58. The first-order chi connectivity index (χ1) is 6.95. The molecule has 0 aliphatic carbocycles. The predicted molar refractivity (Wildman–Crippen MR) is 52.6 cm³/mol. The molecular formula is C11H10F4. The third kappa shape index (κ3) is 6.49. The van der Waals surface area contributed by atoms with Gasteiger partial charge < -0.3 is 0 Å². The highest BCUT2D eigenvalue weighted by Gasteiger charge is 1.98. The van der Waals surface area contributed by atoms with Crippen molar-refractivity contribution in [3.63, 3.8) is 0 Å². The van der Waals surface area contributed by atoms with Crippen molar-refractivity contribution in [2.24, 2.45) is 0 Å². The third-order valence-corrected chi connectivity index (χ3v) is 1.41. The Labute approximate surface area is 85.5 Å². The van der Waals surface area contributed by atoms with Crippen LogP contribution in [0.15, 0.2) is 49.1 Å². The molecule has 1 aromatic rings. The fourth-order valence-electron chi connectivity index (χ4n) is 0.723. The molecule has 0 atom stereocenters. The molecule has 4 heteroatoms. The Balaban J connectivity index is 0.000000288. The summed E-state index contributed by atoms with van der Waals surface area (Å²) >= 11 is 0. The molecule has 0 N–H and O–H groups in total. The zero-order chi connectivity index (χ0) is 11.8. The molecule has 1 aromatic carbocycles. The van der Waals surface area contributed by atoms with Crippen LogP contribution in [-0.4, -0.2) is 0 Å². The van der Waals surface area contributed by atoms with Gasteiger partial charge in [0.05, 0.1) is 0 Å². The Morgan fingerprint density at radius 3 is 1.53 bits per heavy atom. The molecule has 82 valence electrons. The quantitative estimate of drug-likeness (QED) is 0.599. The normalized spacial score (nSPS) is 8.60. The number of halogens is 4. The maximum absolute atomic E-state index is 10.3. The fraction of sp³-hybridized carbons (Fsp3) is 0.0909. The van der Waals surface area contributed by atoms with Crippen LogP contribution in [0.1, 0.15) is 12.5 Å². The van der Waals surface area contributed by atoms with Crippen molar-refractivity contribution < 1.29 is 17.6 Å². The van der Waals surface area contributed by atoms with Crippen LogP contribution in [0.3, 0.4) is 0 Å². The van der Waals surface area contributed by atoms with Crippen LogP contribution in [0.25, 0.3) is 5.57 Å². The minimum atomic E-state index is -2.91. The van der Waals surface area contributed by atoms with E-state index in [1.165, 1.54) is 5.56 Å². The van der Waals surface area contributed by atoms with Gasteiger partial charge in [0.2, 0.25) is 0 Å². The van der Waals surface area contributed by atoms with Gasteiger partial charge in [-0.1, -0.05) is 42.5 Å².